The quantitative estimate of drug-likeness (QED) is 0.122. The molecule has 0 saturated carbocycles. The SMILES string of the molecule is CCCCCCCCCCCCCC=CC(C(=O)c1ccccc1)C1COC(C)(C)N1C(=O)OC(C)(C)C. The maximum atomic E-state index is 13.7. The predicted octanol–water partition coefficient (Wildman–Crippen LogP) is 9.11. The molecular weight excluding hydrogens is 474 g/mol. The number of ketones is 1. The first-order chi connectivity index (χ1) is 18.1. The molecule has 1 aromatic rings. The van der Waals surface area contributed by atoms with Gasteiger partial charge in [0.2, 0.25) is 0 Å². The van der Waals surface area contributed by atoms with Crippen LogP contribution in [-0.2, 0) is 9.47 Å². The number of allylic oxidation sites excluding steroid dienone is 1. The lowest BCUT2D eigenvalue weighted by Gasteiger charge is -2.36. The van der Waals surface area contributed by atoms with Gasteiger partial charge in [-0.05, 0) is 47.5 Å². The summed E-state index contributed by atoms with van der Waals surface area (Å²) >= 11 is 0. The fourth-order valence-electron chi connectivity index (χ4n) is 5.12. The monoisotopic (exact) mass is 527 g/mol. The Balaban J connectivity index is 1.97. The molecule has 5 nitrogen and oxygen atoms in total. The van der Waals surface area contributed by atoms with Crippen molar-refractivity contribution in [2.24, 2.45) is 5.92 Å². The van der Waals surface area contributed by atoms with E-state index in [1.807, 2.05) is 71.0 Å². The van der Waals surface area contributed by atoms with Crippen LogP contribution in [0, 0.1) is 5.92 Å². The zero-order valence-electron chi connectivity index (χ0n) is 25.0. The van der Waals surface area contributed by atoms with Crippen molar-refractivity contribution < 1.29 is 19.1 Å². The molecule has 38 heavy (non-hydrogen) atoms. The Morgan fingerprint density at radius 3 is 2.08 bits per heavy atom. The van der Waals surface area contributed by atoms with Gasteiger partial charge in [0.05, 0.1) is 18.6 Å². The third kappa shape index (κ3) is 10.9. The Kier molecular flexibility index (Phi) is 13.6. The normalized spacial score (nSPS) is 18.2. The summed E-state index contributed by atoms with van der Waals surface area (Å²) in [5.41, 5.74) is -0.846. The summed E-state index contributed by atoms with van der Waals surface area (Å²) < 4.78 is 11.7. The minimum Gasteiger partial charge on any atom is -0.444 e. The lowest BCUT2D eigenvalue weighted by atomic mass is 9.89. The van der Waals surface area contributed by atoms with Crippen LogP contribution in [0.3, 0.4) is 0 Å². The summed E-state index contributed by atoms with van der Waals surface area (Å²) in [6.07, 6.45) is 19.0. The molecule has 1 amide bonds. The van der Waals surface area contributed by atoms with Crippen LogP contribution in [0.1, 0.15) is 129 Å². The van der Waals surface area contributed by atoms with Crippen molar-refractivity contribution in [2.75, 3.05) is 6.61 Å². The van der Waals surface area contributed by atoms with Crippen LogP contribution in [0.25, 0.3) is 0 Å². The van der Waals surface area contributed by atoms with Crippen molar-refractivity contribution in [2.45, 2.75) is 136 Å². The molecule has 1 aliphatic heterocycles. The van der Waals surface area contributed by atoms with E-state index in [2.05, 4.69) is 13.0 Å². The zero-order chi connectivity index (χ0) is 28.0. The molecule has 2 rings (SSSR count). The van der Waals surface area contributed by atoms with E-state index in [1.165, 1.54) is 64.2 Å². The van der Waals surface area contributed by atoms with Crippen LogP contribution in [0.15, 0.2) is 42.5 Å². The molecule has 1 aliphatic rings. The molecule has 2 unspecified atom stereocenters. The third-order valence-electron chi connectivity index (χ3n) is 7.20. The van der Waals surface area contributed by atoms with Crippen molar-refractivity contribution >= 4 is 11.9 Å². The van der Waals surface area contributed by atoms with Gasteiger partial charge in [-0.1, -0.05) is 114 Å². The number of hydrogen-bond donors (Lipinski definition) is 0. The average molecular weight is 528 g/mol. The van der Waals surface area contributed by atoms with Crippen molar-refractivity contribution in [3.8, 4) is 0 Å². The van der Waals surface area contributed by atoms with Gasteiger partial charge in [0.25, 0.3) is 0 Å². The molecule has 0 aliphatic carbocycles. The number of hydrogen-bond acceptors (Lipinski definition) is 4. The molecule has 1 saturated heterocycles. The van der Waals surface area contributed by atoms with Crippen molar-refractivity contribution in [3.05, 3.63) is 48.0 Å². The van der Waals surface area contributed by atoms with Crippen molar-refractivity contribution in [3.63, 3.8) is 0 Å². The van der Waals surface area contributed by atoms with Gasteiger partial charge in [-0.2, -0.15) is 0 Å². The highest BCUT2D eigenvalue weighted by atomic mass is 16.6. The van der Waals surface area contributed by atoms with Crippen LogP contribution in [0.5, 0.6) is 0 Å². The van der Waals surface area contributed by atoms with Crippen molar-refractivity contribution in [1.82, 2.24) is 4.90 Å². The summed E-state index contributed by atoms with van der Waals surface area (Å²) in [4.78, 5) is 28.5. The minimum atomic E-state index is -0.855. The van der Waals surface area contributed by atoms with E-state index in [0.29, 0.717) is 5.56 Å². The van der Waals surface area contributed by atoms with E-state index in [9.17, 15) is 9.59 Å². The standard InChI is InChI=1S/C33H53NO4/c1-7-8-9-10-11-12-13-14-15-16-17-18-22-25-28(30(35)27-23-20-19-21-24-27)29-26-37-33(5,6)34(29)31(36)38-32(2,3)4/h19-25,28-29H,7-18,26H2,1-6H3. The van der Waals surface area contributed by atoms with Crippen molar-refractivity contribution in [1.29, 1.82) is 0 Å². The second-order valence-electron chi connectivity index (χ2n) is 12.2. The summed E-state index contributed by atoms with van der Waals surface area (Å²) in [7, 11) is 0. The summed E-state index contributed by atoms with van der Waals surface area (Å²) in [6.45, 7) is 11.8. The molecule has 0 aromatic heterocycles. The molecule has 0 radical (unpaired) electrons. The second-order valence-corrected chi connectivity index (χ2v) is 12.2. The predicted molar refractivity (Wildman–Crippen MR) is 156 cm³/mol. The highest BCUT2D eigenvalue weighted by Gasteiger charge is 2.49. The fraction of sp³-hybridized carbons (Fsp3) is 0.697. The van der Waals surface area contributed by atoms with Crippen LogP contribution < -0.4 is 0 Å². The zero-order valence-corrected chi connectivity index (χ0v) is 25.0. The van der Waals surface area contributed by atoms with Gasteiger partial charge in [0, 0.05) is 5.56 Å². The Bertz CT molecular complexity index is 855. The molecule has 5 heteroatoms. The molecule has 0 bridgehead atoms. The van der Waals surface area contributed by atoms with Gasteiger partial charge < -0.3 is 9.47 Å². The molecule has 0 spiro atoms. The minimum absolute atomic E-state index is 0.000598. The van der Waals surface area contributed by atoms with Gasteiger partial charge >= 0.3 is 6.09 Å². The highest BCUT2D eigenvalue weighted by molar-refractivity contribution is 5.99. The molecular formula is C33H53NO4. The Morgan fingerprint density at radius 1 is 0.974 bits per heavy atom. The number of ether oxygens (including phenoxy) is 2. The lowest BCUT2D eigenvalue weighted by Crippen LogP contribution is -2.52. The Labute approximate surface area is 232 Å². The summed E-state index contributed by atoms with van der Waals surface area (Å²) in [5, 5.41) is 0. The molecule has 1 aromatic carbocycles. The molecule has 214 valence electrons. The van der Waals surface area contributed by atoms with Gasteiger partial charge in [0.15, 0.2) is 5.78 Å². The maximum absolute atomic E-state index is 13.7. The first-order valence-corrected chi connectivity index (χ1v) is 15.0. The molecule has 2 atom stereocenters. The van der Waals surface area contributed by atoms with E-state index >= 15 is 0 Å². The number of Topliss-reactive ketones (excluding diaryl/α,β-unsaturated/α-hetero) is 1. The number of carbonyl (C=O) groups is 2. The number of unbranched alkanes of at least 4 members (excludes halogenated alkanes) is 11. The van der Waals surface area contributed by atoms with Crippen LogP contribution in [0.2, 0.25) is 0 Å². The van der Waals surface area contributed by atoms with Crippen LogP contribution in [-0.4, -0.2) is 40.8 Å². The van der Waals surface area contributed by atoms with Crippen LogP contribution >= 0.6 is 0 Å². The van der Waals surface area contributed by atoms with E-state index < -0.39 is 29.4 Å². The van der Waals surface area contributed by atoms with E-state index in [-0.39, 0.29) is 12.4 Å². The molecule has 0 N–H and O–H groups in total. The largest absolute Gasteiger partial charge is 0.444 e. The Hall–Kier alpha value is -2.14. The van der Waals surface area contributed by atoms with E-state index in [0.717, 1.165) is 12.8 Å². The topological polar surface area (TPSA) is 55.8 Å². The number of benzene rings is 1. The van der Waals surface area contributed by atoms with Gasteiger partial charge in [-0.3, -0.25) is 9.69 Å². The fourth-order valence-corrected chi connectivity index (χ4v) is 5.12. The number of carbonyl (C=O) groups excluding carboxylic acids is 2. The smallest absolute Gasteiger partial charge is 0.412 e. The summed E-state index contributed by atoms with van der Waals surface area (Å²) in [5.74, 6) is -0.500. The van der Waals surface area contributed by atoms with Gasteiger partial charge in [-0.15, -0.1) is 0 Å². The number of nitrogens with zero attached hydrogens (tertiary/aromatic N) is 1. The molecule has 1 heterocycles. The lowest BCUT2D eigenvalue weighted by molar-refractivity contribution is -0.0632. The second kappa shape index (κ2) is 16.1. The highest BCUT2D eigenvalue weighted by Crippen LogP contribution is 2.34. The number of rotatable bonds is 16. The first kappa shape index (κ1) is 32.1. The first-order valence-electron chi connectivity index (χ1n) is 15.0. The Morgan fingerprint density at radius 2 is 1.53 bits per heavy atom. The maximum Gasteiger partial charge on any atom is 0.412 e. The third-order valence-corrected chi connectivity index (χ3v) is 7.20. The molecule has 1 fully saturated rings. The van der Waals surface area contributed by atoms with E-state index in [1.54, 1.807) is 4.90 Å². The summed E-state index contributed by atoms with van der Waals surface area (Å²) in [6, 6.07) is 8.90. The average Bonchev–Trinajstić information content (AvgIpc) is 3.18. The van der Waals surface area contributed by atoms with Gasteiger partial charge in [-0.25, -0.2) is 4.79 Å². The number of amides is 1. The van der Waals surface area contributed by atoms with Gasteiger partial charge in [0.1, 0.15) is 11.3 Å². The van der Waals surface area contributed by atoms with Crippen LogP contribution in [0.4, 0.5) is 4.79 Å². The van der Waals surface area contributed by atoms with E-state index in [4.69, 9.17) is 9.47 Å².